The second-order valence-electron chi connectivity index (χ2n) is 5.17. The molecule has 0 radical (unpaired) electrons. The molecule has 1 aliphatic rings. The number of fused-ring (bicyclic) bond motifs is 1. The van der Waals surface area contributed by atoms with E-state index in [1.54, 1.807) is 6.07 Å². The minimum Gasteiger partial charge on any atom is -0.508 e. The van der Waals surface area contributed by atoms with E-state index in [0.717, 1.165) is 12.1 Å². The highest BCUT2D eigenvalue weighted by atomic mass is 16.3. The van der Waals surface area contributed by atoms with Crippen LogP contribution in [0.3, 0.4) is 0 Å². The van der Waals surface area contributed by atoms with E-state index in [0.29, 0.717) is 5.75 Å². The highest BCUT2D eigenvalue weighted by molar-refractivity contribution is 5.56. The number of anilines is 1. The molecule has 0 unspecified atom stereocenters. The number of aromatic hydroxyl groups is 1. The summed E-state index contributed by atoms with van der Waals surface area (Å²) in [6.07, 6.45) is 4.98. The Kier molecular flexibility index (Phi) is 3.41. The van der Waals surface area contributed by atoms with Crippen molar-refractivity contribution in [3.05, 3.63) is 59.2 Å². The van der Waals surface area contributed by atoms with Crippen molar-refractivity contribution in [3.8, 4) is 5.75 Å². The summed E-state index contributed by atoms with van der Waals surface area (Å²) in [5, 5.41) is 13.0. The zero-order valence-electron chi connectivity index (χ0n) is 11.0. The molecule has 2 nitrogen and oxygen atoms in total. The maximum Gasteiger partial charge on any atom is 0.115 e. The highest BCUT2D eigenvalue weighted by Crippen LogP contribution is 2.28. The molecular weight excluding hydrogens is 234 g/mol. The van der Waals surface area contributed by atoms with Crippen molar-refractivity contribution in [2.75, 3.05) is 5.32 Å². The lowest BCUT2D eigenvalue weighted by molar-refractivity contribution is 0.474. The predicted octanol–water partition coefficient (Wildman–Crippen LogP) is 3.88. The van der Waals surface area contributed by atoms with Crippen LogP contribution < -0.4 is 5.32 Å². The lowest BCUT2D eigenvalue weighted by Gasteiger charge is -2.20. The summed E-state index contributed by atoms with van der Waals surface area (Å²) < 4.78 is 0. The molecule has 1 aliphatic carbocycles. The average molecular weight is 253 g/mol. The van der Waals surface area contributed by atoms with Crippen LogP contribution in [-0.4, -0.2) is 5.11 Å². The van der Waals surface area contributed by atoms with E-state index in [9.17, 15) is 5.11 Å². The highest BCUT2D eigenvalue weighted by Gasteiger charge is 2.12. The molecule has 2 heteroatoms. The standard InChI is InChI=1S/C17H19NO/c19-15-8-3-5-13(11-15)12-18-17-10-4-7-14-6-1-2-9-16(14)17/h3-5,7-8,10-11,18-19H,1-2,6,9,12H2. The first-order valence-electron chi connectivity index (χ1n) is 6.95. The normalized spacial score (nSPS) is 13.9. The molecule has 0 saturated carbocycles. The minimum absolute atomic E-state index is 0.328. The van der Waals surface area contributed by atoms with E-state index in [2.05, 4.69) is 23.5 Å². The lowest BCUT2D eigenvalue weighted by Crippen LogP contribution is -2.08. The number of hydrogen-bond donors (Lipinski definition) is 2. The SMILES string of the molecule is Oc1cccc(CNc2cccc3c2CCCC3)c1. The molecule has 0 heterocycles. The van der Waals surface area contributed by atoms with Gasteiger partial charge in [-0.1, -0.05) is 24.3 Å². The number of rotatable bonds is 3. The van der Waals surface area contributed by atoms with Gasteiger partial charge in [0.1, 0.15) is 5.75 Å². The monoisotopic (exact) mass is 253 g/mol. The molecule has 98 valence electrons. The molecule has 2 N–H and O–H groups in total. The van der Waals surface area contributed by atoms with Crippen LogP contribution in [0.25, 0.3) is 0 Å². The van der Waals surface area contributed by atoms with Crippen molar-refractivity contribution < 1.29 is 5.11 Å². The third kappa shape index (κ3) is 2.73. The minimum atomic E-state index is 0.328. The van der Waals surface area contributed by atoms with Gasteiger partial charge in [-0.05, 0) is 60.6 Å². The summed E-state index contributed by atoms with van der Waals surface area (Å²) in [7, 11) is 0. The molecule has 0 aliphatic heterocycles. The van der Waals surface area contributed by atoms with Gasteiger partial charge in [0.05, 0.1) is 0 Å². The molecule has 19 heavy (non-hydrogen) atoms. The van der Waals surface area contributed by atoms with E-state index in [1.807, 2.05) is 18.2 Å². The first kappa shape index (κ1) is 12.1. The number of nitrogens with one attached hydrogen (secondary N) is 1. The molecule has 2 aromatic rings. The zero-order valence-corrected chi connectivity index (χ0v) is 11.0. The van der Waals surface area contributed by atoms with Crippen LogP contribution in [0.4, 0.5) is 5.69 Å². The third-order valence-electron chi connectivity index (χ3n) is 3.79. The summed E-state index contributed by atoms with van der Waals surface area (Å²) in [5.74, 6) is 0.328. The molecule has 0 aromatic heterocycles. The summed E-state index contributed by atoms with van der Waals surface area (Å²) in [6, 6.07) is 14.0. The van der Waals surface area contributed by atoms with E-state index in [-0.39, 0.29) is 0 Å². The third-order valence-corrected chi connectivity index (χ3v) is 3.79. The van der Waals surface area contributed by atoms with Gasteiger partial charge in [0, 0.05) is 12.2 Å². The van der Waals surface area contributed by atoms with E-state index in [4.69, 9.17) is 0 Å². The molecule has 2 aromatic carbocycles. The molecule has 0 atom stereocenters. The van der Waals surface area contributed by atoms with Gasteiger partial charge in [0.15, 0.2) is 0 Å². The number of phenolic OH excluding ortho intramolecular Hbond substituents is 1. The Morgan fingerprint density at radius 1 is 1.00 bits per heavy atom. The quantitative estimate of drug-likeness (QED) is 0.870. The maximum absolute atomic E-state index is 9.47. The molecule has 0 fully saturated rings. The first-order valence-corrected chi connectivity index (χ1v) is 6.95. The maximum atomic E-state index is 9.47. The Bertz CT molecular complexity index is 577. The van der Waals surface area contributed by atoms with Crippen LogP contribution >= 0.6 is 0 Å². The Balaban J connectivity index is 1.77. The van der Waals surface area contributed by atoms with Gasteiger partial charge >= 0.3 is 0 Å². The number of hydrogen-bond acceptors (Lipinski definition) is 2. The number of benzene rings is 2. The summed E-state index contributed by atoms with van der Waals surface area (Å²) in [4.78, 5) is 0. The first-order chi connectivity index (χ1) is 9.33. The average Bonchev–Trinajstić information content (AvgIpc) is 2.45. The smallest absolute Gasteiger partial charge is 0.115 e. The van der Waals surface area contributed by atoms with Crippen LogP contribution in [0.5, 0.6) is 5.75 Å². The van der Waals surface area contributed by atoms with Crippen LogP contribution in [-0.2, 0) is 19.4 Å². The molecule has 3 rings (SSSR count). The molecule has 0 saturated heterocycles. The fourth-order valence-electron chi connectivity index (χ4n) is 2.81. The van der Waals surface area contributed by atoms with Gasteiger partial charge < -0.3 is 10.4 Å². The van der Waals surface area contributed by atoms with Crippen molar-refractivity contribution >= 4 is 5.69 Å². The largest absolute Gasteiger partial charge is 0.508 e. The fourth-order valence-corrected chi connectivity index (χ4v) is 2.81. The van der Waals surface area contributed by atoms with Gasteiger partial charge in [-0.25, -0.2) is 0 Å². The van der Waals surface area contributed by atoms with Crippen molar-refractivity contribution in [2.24, 2.45) is 0 Å². The lowest BCUT2D eigenvalue weighted by atomic mass is 9.90. The van der Waals surface area contributed by atoms with E-state index in [1.165, 1.54) is 42.5 Å². The summed E-state index contributed by atoms with van der Waals surface area (Å²) in [6.45, 7) is 0.755. The van der Waals surface area contributed by atoms with Crippen LogP contribution in [0.15, 0.2) is 42.5 Å². The van der Waals surface area contributed by atoms with Crippen molar-refractivity contribution in [3.63, 3.8) is 0 Å². The summed E-state index contributed by atoms with van der Waals surface area (Å²) >= 11 is 0. The number of phenols is 1. The van der Waals surface area contributed by atoms with E-state index >= 15 is 0 Å². The van der Waals surface area contributed by atoms with Gasteiger partial charge in [-0.15, -0.1) is 0 Å². The summed E-state index contributed by atoms with van der Waals surface area (Å²) in [5.41, 5.74) is 5.33. The Hall–Kier alpha value is -1.96. The number of aryl methyl sites for hydroxylation is 1. The molecule has 0 bridgehead atoms. The van der Waals surface area contributed by atoms with Gasteiger partial charge in [-0.2, -0.15) is 0 Å². The van der Waals surface area contributed by atoms with Gasteiger partial charge in [-0.3, -0.25) is 0 Å². The van der Waals surface area contributed by atoms with Crippen molar-refractivity contribution in [1.82, 2.24) is 0 Å². The van der Waals surface area contributed by atoms with E-state index < -0.39 is 0 Å². The topological polar surface area (TPSA) is 32.3 Å². The van der Waals surface area contributed by atoms with Gasteiger partial charge in [0.25, 0.3) is 0 Å². The fraction of sp³-hybridized carbons (Fsp3) is 0.294. The Morgan fingerprint density at radius 2 is 1.84 bits per heavy atom. The molecular formula is C17H19NO. The Labute approximate surface area is 114 Å². The van der Waals surface area contributed by atoms with Crippen molar-refractivity contribution in [2.45, 2.75) is 32.2 Å². The second-order valence-corrected chi connectivity index (χ2v) is 5.17. The molecule has 0 amide bonds. The van der Waals surface area contributed by atoms with Crippen LogP contribution in [0.2, 0.25) is 0 Å². The van der Waals surface area contributed by atoms with Crippen LogP contribution in [0, 0.1) is 0 Å². The van der Waals surface area contributed by atoms with Crippen molar-refractivity contribution in [1.29, 1.82) is 0 Å². The zero-order chi connectivity index (χ0) is 13.1. The Morgan fingerprint density at radius 3 is 2.74 bits per heavy atom. The van der Waals surface area contributed by atoms with Crippen LogP contribution in [0.1, 0.15) is 29.5 Å². The molecule has 0 spiro atoms. The van der Waals surface area contributed by atoms with Gasteiger partial charge in [0.2, 0.25) is 0 Å². The predicted molar refractivity (Wildman–Crippen MR) is 78.5 cm³/mol. The second kappa shape index (κ2) is 5.35.